The molecule has 0 aliphatic carbocycles. The van der Waals surface area contributed by atoms with E-state index in [-0.39, 0.29) is 11.5 Å². The molecule has 0 spiro atoms. The van der Waals surface area contributed by atoms with Gasteiger partial charge in [0, 0.05) is 24.3 Å². The maximum atomic E-state index is 11.6. The number of nitrogens with two attached hydrogens (primary N) is 1. The number of ether oxygens (including phenoxy) is 2. The monoisotopic (exact) mass is 389 g/mol. The smallest absolute Gasteiger partial charge is 0.150 e. The molecule has 0 fully saturated rings. The molecular formula is C21H27NO4S. The fraction of sp³-hybridized carbons (Fsp3) is 0.429. The Morgan fingerprint density at radius 1 is 1.22 bits per heavy atom. The quantitative estimate of drug-likeness (QED) is 0.736. The molecule has 0 aromatic heterocycles. The van der Waals surface area contributed by atoms with Gasteiger partial charge in [0.25, 0.3) is 0 Å². The van der Waals surface area contributed by atoms with Crippen LogP contribution in [0.5, 0.6) is 11.5 Å². The minimum atomic E-state index is -2.95. The normalized spacial score (nSPS) is 13.3. The van der Waals surface area contributed by atoms with Crippen molar-refractivity contribution in [3.63, 3.8) is 0 Å². The summed E-state index contributed by atoms with van der Waals surface area (Å²) >= 11 is 0. The third-order valence-electron chi connectivity index (χ3n) is 4.88. The van der Waals surface area contributed by atoms with E-state index in [0.29, 0.717) is 26.2 Å². The Balaban J connectivity index is 1.82. The van der Waals surface area contributed by atoms with Gasteiger partial charge < -0.3 is 15.2 Å². The van der Waals surface area contributed by atoms with Crippen LogP contribution in [-0.2, 0) is 22.8 Å². The van der Waals surface area contributed by atoms with Crippen LogP contribution in [0, 0.1) is 6.92 Å². The van der Waals surface area contributed by atoms with Crippen LogP contribution in [0.1, 0.15) is 30.0 Å². The summed E-state index contributed by atoms with van der Waals surface area (Å²) < 4.78 is 34.9. The van der Waals surface area contributed by atoms with Crippen LogP contribution in [0.4, 0.5) is 0 Å². The van der Waals surface area contributed by atoms with Crippen LogP contribution in [0.15, 0.2) is 30.3 Å². The van der Waals surface area contributed by atoms with Crippen LogP contribution in [-0.4, -0.2) is 33.1 Å². The van der Waals surface area contributed by atoms with Crippen molar-refractivity contribution < 1.29 is 17.9 Å². The van der Waals surface area contributed by atoms with E-state index in [1.54, 1.807) is 6.92 Å². The van der Waals surface area contributed by atoms with E-state index < -0.39 is 9.84 Å². The molecule has 1 aliphatic rings. The molecule has 0 unspecified atom stereocenters. The van der Waals surface area contributed by atoms with E-state index in [1.807, 2.05) is 24.3 Å². The molecule has 1 aliphatic heterocycles. The van der Waals surface area contributed by atoms with Gasteiger partial charge in [-0.3, -0.25) is 0 Å². The van der Waals surface area contributed by atoms with Gasteiger partial charge in [0.1, 0.15) is 21.3 Å². The van der Waals surface area contributed by atoms with Gasteiger partial charge >= 0.3 is 0 Å². The maximum absolute atomic E-state index is 11.6. The lowest BCUT2D eigenvalue weighted by molar-refractivity contribution is 0.315. The molecule has 2 aromatic carbocycles. The Labute approximate surface area is 161 Å². The molecule has 5 nitrogen and oxygen atoms in total. The third-order valence-corrected chi connectivity index (χ3v) is 6.67. The zero-order valence-corrected chi connectivity index (χ0v) is 16.8. The molecule has 0 atom stereocenters. The first-order valence-electron chi connectivity index (χ1n) is 9.36. The van der Waals surface area contributed by atoms with Crippen molar-refractivity contribution in [2.45, 2.75) is 33.2 Å². The molecular weight excluding hydrogens is 362 g/mol. The second kappa shape index (κ2) is 8.31. The first-order chi connectivity index (χ1) is 12.9. The number of aryl methyl sites for hydroxylation is 1. The highest BCUT2D eigenvalue weighted by molar-refractivity contribution is 7.91. The number of hydrogen-bond donors (Lipinski definition) is 1. The van der Waals surface area contributed by atoms with Gasteiger partial charge in [-0.25, -0.2) is 8.42 Å². The lowest BCUT2D eigenvalue weighted by atomic mass is 9.92. The highest BCUT2D eigenvalue weighted by atomic mass is 32.2. The molecule has 0 bridgehead atoms. The predicted octanol–water partition coefficient (Wildman–Crippen LogP) is 3.26. The molecule has 2 N–H and O–H groups in total. The second-order valence-electron chi connectivity index (χ2n) is 6.85. The van der Waals surface area contributed by atoms with Crippen molar-refractivity contribution in [3.8, 4) is 22.6 Å². The minimum Gasteiger partial charge on any atom is -0.494 e. The molecule has 0 saturated heterocycles. The molecule has 0 saturated carbocycles. The van der Waals surface area contributed by atoms with Crippen molar-refractivity contribution in [1.82, 2.24) is 0 Å². The average Bonchev–Trinajstić information content (AvgIpc) is 2.84. The number of hydrogen-bond acceptors (Lipinski definition) is 5. The highest BCUT2D eigenvalue weighted by Gasteiger charge is 2.19. The Bertz CT molecular complexity index is 922. The van der Waals surface area contributed by atoms with E-state index in [2.05, 4.69) is 13.0 Å². The summed E-state index contributed by atoms with van der Waals surface area (Å²) in [5, 5.41) is 0. The average molecular weight is 390 g/mol. The SMILES string of the molecule is CCS(=O)(=O)CCCOc1cc(C)c2c(c1)CCOc1ccc(CN)cc1-2. The van der Waals surface area contributed by atoms with Crippen LogP contribution < -0.4 is 15.2 Å². The largest absolute Gasteiger partial charge is 0.494 e. The zero-order valence-electron chi connectivity index (χ0n) is 16.0. The summed E-state index contributed by atoms with van der Waals surface area (Å²) in [5.41, 5.74) is 11.4. The zero-order chi connectivity index (χ0) is 19.4. The van der Waals surface area contributed by atoms with E-state index in [0.717, 1.165) is 34.6 Å². The summed E-state index contributed by atoms with van der Waals surface area (Å²) in [6.45, 7) is 5.23. The van der Waals surface area contributed by atoms with Crippen molar-refractivity contribution >= 4 is 9.84 Å². The molecule has 27 heavy (non-hydrogen) atoms. The van der Waals surface area contributed by atoms with E-state index in [4.69, 9.17) is 15.2 Å². The van der Waals surface area contributed by atoms with Crippen LogP contribution in [0.3, 0.4) is 0 Å². The first-order valence-corrected chi connectivity index (χ1v) is 11.2. The third kappa shape index (κ3) is 4.62. The molecule has 0 amide bonds. The van der Waals surface area contributed by atoms with Gasteiger partial charge in [0.05, 0.1) is 19.0 Å². The van der Waals surface area contributed by atoms with E-state index in [9.17, 15) is 8.42 Å². The fourth-order valence-electron chi connectivity index (χ4n) is 3.40. The number of rotatable bonds is 7. The molecule has 146 valence electrons. The molecule has 1 heterocycles. The van der Waals surface area contributed by atoms with Crippen molar-refractivity contribution in [2.75, 3.05) is 24.7 Å². The van der Waals surface area contributed by atoms with Gasteiger partial charge in [-0.2, -0.15) is 0 Å². The van der Waals surface area contributed by atoms with Crippen LogP contribution >= 0.6 is 0 Å². The first kappa shape index (κ1) is 19.7. The predicted molar refractivity (Wildman–Crippen MR) is 108 cm³/mol. The summed E-state index contributed by atoms with van der Waals surface area (Å²) in [5.74, 6) is 2.00. The fourth-order valence-corrected chi connectivity index (χ4v) is 4.25. The Hall–Kier alpha value is -2.05. The van der Waals surface area contributed by atoms with Crippen molar-refractivity contribution in [1.29, 1.82) is 0 Å². The molecule has 0 radical (unpaired) electrons. The topological polar surface area (TPSA) is 78.6 Å². The molecule has 2 aromatic rings. The van der Waals surface area contributed by atoms with Gasteiger partial charge in [0.2, 0.25) is 0 Å². The van der Waals surface area contributed by atoms with Crippen molar-refractivity contribution in [2.24, 2.45) is 5.73 Å². The summed E-state index contributed by atoms with van der Waals surface area (Å²) in [6, 6.07) is 10.1. The highest BCUT2D eigenvalue weighted by Crippen LogP contribution is 2.40. The standard InChI is InChI=1S/C21H27NO4S/c1-3-27(23,24)10-4-8-25-18-11-15(2)21-17(13-18)7-9-26-20-6-5-16(14-22)12-19(20)21/h5-6,11-13H,3-4,7-10,14,22H2,1-2H3. The lowest BCUT2D eigenvalue weighted by Gasteiger charge is -2.15. The Kier molecular flexibility index (Phi) is 6.07. The van der Waals surface area contributed by atoms with Gasteiger partial charge in [-0.15, -0.1) is 0 Å². The second-order valence-corrected chi connectivity index (χ2v) is 9.32. The van der Waals surface area contributed by atoms with Gasteiger partial charge in [-0.1, -0.05) is 13.0 Å². The van der Waals surface area contributed by atoms with E-state index >= 15 is 0 Å². The minimum absolute atomic E-state index is 0.163. The maximum Gasteiger partial charge on any atom is 0.150 e. The Morgan fingerprint density at radius 2 is 2.04 bits per heavy atom. The summed E-state index contributed by atoms with van der Waals surface area (Å²) in [7, 11) is -2.95. The van der Waals surface area contributed by atoms with E-state index in [1.165, 1.54) is 11.1 Å². The van der Waals surface area contributed by atoms with Crippen LogP contribution in [0.25, 0.3) is 11.1 Å². The lowest BCUT2D eigenvalue weighted by Crippen LogP contribution is -2.12. The number of fused-ring (bicyclic) bond motifs is 3. The van der Waals surface area contributed by atoms with Gasteiger partial charge in [-0.05, 0) is 59.9 Å². The van der Waals surface area contributed by atoms with Gasteiger partial charge in [0.15, 0.2) is 0 Å². The number of sulfone groups is 1. The summed E-state index contributed by atoms with van der Waals surface area (Å²) in [6.07, 6.45) is 1.29. The Morgan fingerprint density at radius 3 is 2.78 bits per heavy atom. The van der Waals surface area contributed by atoms with Crippen molar-refractivity contribution in [3.05, 3.63) is 47.0 Å². The summed E-state index contributed by atoms with van der Waals surface area (Å²) in [4.78, 5) is 0. The molecule has 3 rings (SSSR count). The van der Waals surface area contributed by atoms with Crippen LogP contribution in [0.2, 0.25) is 0 Å². The number of benzene rings is 2. The molecule has 6 heteroatoms.